The van der Waals surface area contributed by atoms with Crippen LogP contribution in [-0.2, 0) is 4.74 Å². The Bertz CT molecular complexity index is 553. The van der Waals surface area contributed by atoms with Gasteiger partial charge in [0.1, 0.15) is 17.5 Å². The third kappa shape index (κ3) is 5.16. The molecule has 1 aromatic rings. The molecule has 1 amide bonds. The summed E-state index contributed by atoms with van der Waals surface area (Å²) in [5.41, 5.74) is -0.373. The van der Waals surface area contributed by atoms with Crippen molar-refractivity contribution in [2.45, 2.75) is 45.3 Å². The largest absolute Gasteiger partial charge is 0.545 e. The van der Waals surface area contributed by atoms with Crippen LogP contribution in [0.15, 0.2) is 24.3 Å². The molecule has 1 aromatic carbocycles. The number of benzene rings is 1. The first kappa shape index (κ1) is 17.1. The van der Waals surface area contributed by atoms with Crippen LogP contribution in [0.2, 0.25) is 0 Å². The monoisotopic (exact) mass is 320 g/mol. The first-order chi connectivity index (χ1) is 10.7. The minimum atomic E-state index is -1.21. The van der Waals surface area contributed by atoms with Gasteiger partial charge in [0, 0.05) is 25.9 Å². The predicted octanol–water partition coefficient (Wildman–Crippen LogP) is 1.83. The maximum Gasteiger partial charge on any atom is 0.410 e. The van der Waals surface area contributed by atoms with Crippen molar-refractivity contribution in [2.75, 3.05) is 13.1 Å². The molecular formula is C17H22NO5-. The van der Waals surface area contributed by atoms with Gasteiger partial charge in [-0.3, -0.25) is 0 Å². The van der Waals surface area contributed by atoms with Crippen molar-refractivity contribution >= 4 is 12.1 Å². The number of hydrogen-bond donors (Lipinski definition) is 0. The molecule has 0 spiro atoms. The molecule has 1 aliphatic heterocycles. The molecule has 1 heterocycles. The van der Waals surface area contributed by atoms with E-state index in [9.17, 15) is 14.7 Å². The summed E-state index contributed by atoms with van der Waals surface area (Å²) in [7, 11) is 0. The molecule has 1 aliphatic rings. The molecule has 23 heavy (non-hydrogen) atoms. The van der Waals surface area contributed by atoms with Crippen LogP contribution in [0, 0.1) is 0 Å². The van der Waals surface area contributed by atoms with Crippen molar-refractivity contribution < 1.29 is 24.2 Å². The maximum atomic E-state index is 12.0. The van der Waals surface area contributed by atoms with E-state index in [1.54, 1.807) is 17.0 Å². The van der Waals surface area contributed by atoms with Crippen molar-refractivity contribution in [3.8, 4) is 5.75 Å². The van der Waals surface area contributed by atoms with E-state index in [-0.39, 0.29) is 17.8 Å². The smallest absolute Gasteiger partial charge is 0.410 e. The number of carbonyl (C=O) groups excluding carboxylic acids is 2. The van der Waals surface area contributed by atoms with Gasteiger partial charge in [-0.25, -0.2) is 4.79 Å². The van der Waals surface area contributed by atoms with E-state index in [4.69, 9.17) is 9.47 Å². The fourth-order valence-corrected chi connectivity index (χ4v) is 2.34. The van der Waals surface area contributed by atoms with E-state index < -0.39 is 11.6 Å². The van der Waals surface area contributed by atoms with Crippen LogP contribution in [0.1, 0.15) is 44.0 Å². The number of carboxylic acids is 1. The van der Waals surface area contributed by atoms with Gasteiger partial charge in [0.15, 0.2) is 0 Å². The topological polar surface area (TPSA) is 78.9 Å². The Balaban J connectivity index is 1.82. The van der Waals surface area contributed by atoms with Crippen LogP contribution < -0.4 is 9.84 Å². The van der Waals surface area contributed by atoms with Crippen molar-refractivity contribution in [2.24, 2.45) is 0 Å². The van der Waals surface area contributed by atoms with Gasteiger partial charge < -0.3 is 24.3 Å². The number of amides is 1. The molecule has 2 rings (SSSR count). The lowest BCUT2D eigenvalue weighted by atomic mass is 10.1. The van der Waals surface area contributed by atoms with Crippen LogP contribution >= 0.6 is 0 Å². The highest BCUT2D eigenvalue weighted by molar-refractivity contribution is 5.85. The van der Waals surface area contributed by atoms with Crippen LogP contribution in [-0.4, -0.2) is 41.8 Å². The first-order valence-corrected chi connectivity index (χ1v) is 7.70. The number of likely N-dealkylation sites (tertiary alicyclic amines) is 1. The summed E-state index contributed by atoms with van der Waals surface area (Å²) >= 11 is 0. The molecule has 0 aliphatic carbocycles. The second-order valence-electron chi connectivity index (χ2n) is 6.60. The van der Waals surface area contributed by atoms with Gasteiger partial charge in [-0.05, 0) is 50.6 Å². The summed E-state index contributed by atoms with van der Waals surface area (Å²) in [6.45, 7) is 6.69. The summed E-state index contributed by atoms with van der Waals surface area (Å²) in [5, 5.41) is 10.7. The predicted molar refractivity (Wildman–Crippen MR) is 82.2 cm³/mol. The highest BCUT2D eigenvalue weighted by atomic mass is 16.6. The molecule has 0 unspecified atom stereocenters. The molecule has 0 aromatic heterocycles. The number of carbonyl (C=O) groups is 2. The number of piperidine rings is 1. The van der Waals surface area contributed by atoms with Crippen molar-refractivity contribution in [3.63, 3.8) is 0 Å². The number of hydrogen-bond acceptors (Lipinski definition) is 5. The Labute approximate surface area is 136 Å². The fourth-order valence-electron chi connectivity index (χ4n) is 2.34. The zero-order chi connectivity index (χ0) is 17.0. The summed E-state index contributed by atoms with van der Waals surface area (Å²) in [6, 6.07) is 6.15. The molecular weight excluding hydrogens is 298 g/mol. The minimum Gasteiger partial charge on any atom is -0.545 e. The number of rotatable bonds is 3. The Morgan fingerprint density at radius 2 is 1.70 bits per heavy atom. The van der Waals surface area contributed by atoms with Crippen molar-refractivity contribution in [1.82, 2.24) is 4.90 Å². The summed E-state index contributed by atoms with van der Waals surface area (Å²) in [6.07, 6.45) is 1.12. The van der Waals surface area contributed by atoms with E-state index >= 15 is 0 Å². The van der Waals surface area contributed by atoms with Gasteiger partial charge in [0.2, 0.25) is 0 Å². The minimum absolute atomic E-state index is 0.00231. The number of aromatic carboxylic acids is 1. The van der Waals surface area contributed by atoms with Crippen LogP contribution in [0.4, 0.5) is 4.79 Å². The molecule has 1 fully saturated rings. The van der Waals surface area contributed by atoms with E-state index in [1.165, 1.54) is 12.1 Å². The lowest BCUT2D eigenvalue weighted by molar-refractivity contribution is -0.255. The Morgan fingerprint density at radius 1 is 1.13 bits per heavy atom. The number of ether oxygens (including phenoxy) is 2. The molecule has 0 bridgehead atoms. The Kier molecular flexibility index (Phi) is 5.13. The first-order valence-electron chi connectivity index (χ1n) is 7.70. The summed E-state index contributed by atoms with van der Waals surface area (Å²) < 4.78 is 11.2. The van der Waals surface area contributed by atoms with Gasteiger partial charge in [0.25, 0.3) is 0 Å². The average molecular weight is 320 g/mol. The molecule has 6 heteroatoms. The quantitative estimate of drug-likeness (QED) is 0.849. The third-order valence-electron chi connectivity index (χ3n) is 3.49. The van der Waals surface area contributed by atoms with Gasteiger partial charge in [-0.2, -0.15) is 0 Å². The van der Waals surface area contributed by atoms with Crippen molar-refractivity contribution in [1.29, 1.82) is 0 Å². The van der Waals surface area contributed by atoms with Crippen LogP contribution in [0.5, 0.6) is 5.75 Å². The third-order valence-corrected chi connectivity index (χ3v) is 3.49. The lowest BCUT2D eigenvalue weighted by Crippen LogP contribution is -2.44. The summed E-state index contributed by atoms with van der Waals surface area (Å²) in [4.78, 5) is 24.4. The van der Waals surface area contributed by atoms with Crippen molar-refractivity contribution in [3.05, 3.63) is 29.8 Å². The SMILES string of the molecule is CC(C)(C)OC(=O)N1CCC(Oc2ccc(C(=O)[O-])cc2)CC1. The molecule has 0 saturated carbocycles. The van der Waals surface area contributed by atoms with E-state index in [1.807, 2.05) is 20.8 Å². The standard InChI is InChI=1S/C17H23NO5/c1-17(2,3)23-16(21)18-10-8-14(9-11-18)22-13-6-4-12(5-7-13)15(19)20/h4-7,14H,8-11H2,1-3H3,(H,19,20)/p-1. The highest BCUT2D eigenvalue weighted by Crippen LogP contribution is 2.21. The molecule has 0 atom stereocenters. The second kappa shape index (κ2) is 6.89. The lowest BCUT2D eigenvalue weighted by Gasteiger charge is -2.33. The normalized spacial score (nSPS) is 16.0. The molecule has 1 saturated heterocycles. The van der Waals surface area contributed by atoms with E-state index in [2.05, 4.69) is 0 Å². The molecule has 6 nitrogen and oxygen atoms in total. The Hall–Kier alpha value is -2.24. The molecule has 0 radical (unpaired) electrons. The van der Waals surface area contributed by atoms with Crippen LogP contribution in [0.25, 0.3) is 0 Å². The average Bonchev–Trinajstić information content (AvgIpc) is 2.46. The molecule has 126 valence electrons. The fraction of sp³-hybridized carbons (Fsp3) is 0.529. The van der Waals surface area contributed by atoms with Crippen LogP contribution in [0.3, 0.4) is 0 Å². The Morgan fingerprint density at radius 3 is 2.17 bits per heavy atom. The second-order valence-corrected chi connectivity index (χ2v) is 6.60. The van der Waals surface area contributed by atoms with E-state index in [0.29, 0.717) is 31.7 Å². The van der Waals surface area contributed by atoms with Gasteiger partial charge >= 0.3 is 6.09 Å². The van der Waals surface area contributed by atoms with Gasteiger partial charge in [-0.1, -0.05) is 0 Å². The number of nitrogens with zero attached hydrogens (tertiary/aromatic N) is 1. The van der Waals surface area contributed by atoms with E-state index in [0.717, 1.165) is 0 Å². The summed E-state index contributed by atoms with van der Waals surface area (Å²) in [5.74, 6) is -0.590. The zero-order valence-electron chi connectivity index (χ0n) is 13.7. The van der Waals surface area contributed by atoms with Gasteiger partial charge in [-0.15, -0.1) is 0 Å². The molecule has 0 N–H and O–H groups in total. The maximum absolute atomic E-state index is 12.0. The number of carboxylic acid groups (broad SMARTS) is 1. The zero-order valence-corrected chi connectivity index (χ0v) is 13.7. The highest BCUT2D eigenvalue weighted by Gasteiger charge is 2.27. The van der Waals surface area contributed by atoms with Gasteiger partial charge in [0.05, 0.1) is 5.97 Å².